The quantitative estimate of drug-likeness (QED) is 0.866. The summed E-state index contributed by atoms with van der Waals surface area (Å²) in [5, 5.41) is 3.50. The lowest BCUT2D eigenvalue weighted by molar-refractivity contribution is -0.144. The Bertz CT molecular complexity index is 644. The van der Waals surface area contributed by atoms with Crippen LogP contribution in [0.15, 0.2) is 28.9 Å². The van der Waals surface area contributed by atoms with E-state index in [1.54, 1.807) is 13.2 Å². The lowest BCUT2D eigenvalue weighted by atomic mass is 10.1. The van der Waals surface area contributed by atoms with Crippen LogP contribution < -0.4 is 5.32 Å². The SMILES string of the molecule is COC(=O)C(C)NC(=O)Cc1coc2cc(C)ccc12. The number of furan rings is 1. The standard InChI is InChI=1S/C15H17NO4/c1-9-4-5-12-11(8-20-13(12)6-9)7-14(17)16-10(2)15(18)19-3/h4-6,8,10H,7H2,1-3H3,(H,16,17). The number of ether oxygens (including phenoxy) is 1. The molecule has 1 heterocycles. The van der Waals surface area contributed by atoms with Crippen LogP contribution in [0, 0.1) is 6.92 Å². The number of carbonyl (C=O) groups excluding carboxylic acids is 2. The molecule has 0 aliphatic heterocycles. The van der Waals surface area contributed by atoms with E-state index in [4.69, 9.17) is 4.42 Å². The van der Waals surface area contributed by atoms with E-state index in [0.717, 1.165) is 22.1 Å². The molecule has 2 rings (SSSR count). The topological polar surface area (TPSA) is 68.5 Å². The summed E-state index contributed by atoms with van der Waals surface area (Å²) in [5.41, 5.74) is 2.66. The molecule has 106 valence electrons. The van der Waals surface area contributed by atoms with Crippen LogP contribution in [-0.2, 0) is 20.7 Å². The maximum absolute atomic E-state index is 11.9. The molecule has 0 aliphatic carbocycles. The van der Waals surface area contributed by atoms with Gasteiger partial charge in [-0.1, -0.05) is 12.1 Å². The van der Waals surface area contributed by atoms with Crippen LogP contribution >= 0.6 is 0 Å². The van der Waals surface area contributed by atoms with Crippen molar-refractivity contribution in [3.63, 3.8) is 0 Å². The molecule has 0 bridgehead atoms. The highest BCUT2D eigenvalue weighted by atomic mass is 16.5. The fourth-order valence-corrected chi connectivity index (χ4v) is 2.03. The average Bonchev–Trinajstić information content (AvgIpc) is 2.79. The summed E-state index contributed by atoms with van der Waals surface area (Å²) in [7, 11) is 1.29. The van der Waals surface area contributed by atoms with Crippen molar-refractivity contribution >= 4 is 22.8 Å². The van der Waals surface area contributed by atoms with Crippen LogP contribution in [0.5, 0.6) is 0 Å². The third-order valence-corrected chi connectivity index (χ3v) is 3.09. The third-order valence-electron chi connectivity index (χ3n) is 3.09. The number of benzene rings is 1. The Labute approximate surface area is 116 Å². The second kappa shape index (κ2) is 5.77. The van der Waals surface area contributed by atoms with Gasteiger partial charge in [-0.2, -0.15) is 0 Å². The number of esters is 1. The van der Waals surface area contributed by atoms with Crippen molar-refractivity contribution in [2.75, 3.05) is 7.11 Å². The molecule has 1 atom stereocenters. The maximum Gasteiger partial charge on any atom is 0.328 e. The van der Waals surface area contributed by atoms with E-state index >= 15 is 0 Å². The summed E-state index contributed by atoms with van der Waals surface area (Å²) in [4.78, 5) is 23.1. The van der Waals surface area contributed by atoms with Crippen LogP contribution in [0.4, 0.5) is 0 Å². The molecule has 0 spiro atoms. The Morgan fingerprint density at radius 3 is 2.85 bits per heavy atom. The summed E-state index contributed by atoms with van der Waals surface area (Å²) in [6.07, 6.45) is 1.74. The molecule has 0 radical (unpaired) electrons. The van der Waals surface area contributed by atoms with Gasteiger partial charge in [0.1, 0.15) is 11.6 Å². The largest absolute Gasteiger partial charge is 0.467 e. The lowest BCUT2D eigenvalue weighted by Gasteiger charge is -2.10. The molecular formula is C15H17NO4. The third kappa shape index (κ3) is 2.99. The van der Waals surface area contributed by atoms with Gasteiger partial charge in [0.25, 0.3) is 0 Å². The van der Waals surface area contributed by atoms with Crippen LogP contribution in [0.25, 0.3) is 11.0 Å². The number of amides is 1. The van der Waals surface area contributed by atoms with Crippen molar-refractivity contribution in [1.82, 2.24) is 5.32 Å². The average molecular weight is 275 g/mol. The van der Waals surface area contributed by atoms with Gasteiger partial charge in [-0.05, 0) is 25.5 Å². The van der Waals surface area contributed by atoms with E-state index in [-0.39, 0.29) is 12.3 Å². The van der Waals surface area contributed by atoms with E-state index < -0.39 is 12.0 Å². The summed E-state index contributed by atoms with van der Waals surface area (Å²) in [6, 6.07) is 5.16. The molecular weight excluding hydrogens is 258 g/mol. The fraction of sp³-hybridized carbons (Fsp3) is 0.333. The normalized spacial score (nSPS) is 12.2. The van der Waals surface area contributed by atoms with Gasteiger partial charge in [-0.25, -0.2) is 4.79 Å². The second-order valence-electron chi connectivity index (χ2n) is 4.75. The number of aryl methyl sites for hydroxylation is 1. The predicted molar refractivity (Wildman–Crippen MR) is 74.3 cm³/mol. The number of carbonyl (C=O) groups is 2. The van der Waals surface area contributed by atoms with Crippen LogP contribution in [0.3, 0.4) is 0 Å². The van der Waals surface area contributed by atoms with Crippen LogP contribution in [0.2, 0.25) is 0 Å². The van der Waals surface area contributed by atoms with Gasteiger partial charge in [-0.15, -0.1) is 0 Å². The Morgan fingerprint density at radius 1 is 1.40 bits per heavy atom. The first kappa shape index (κ1) is 14.1. The molecule has 0 aliphatic rings. The highest BCUT2D eigenvalue weighted by Crippen LogP contribution is 2.22. The molecule has 1 unspecified atom stereocenters. The Balaban J connectivity index is 2.08. The molecule has 0 saturated heterocycles. The molecule has 0 fully saturated rings. The Hall–Kier alpha value is -2.30. The highest BCUT2D eigenvalue weighted by Gasteiger charge is 2.17. The van der Waals surface area contributed by atoms with Gasteiger partial charge >= 0.3 is 5.97 Å². The summed E-state index contributed by atoms with van der Waals surface area (Å²) >= 11 is 0. The monoisotopic (exact) mass is 275 g/mol. The lowest BCUT2D eigenvalue weighted by Crippen LogP contribution is -2.39. The molecule has 1 aromatic carbocycles. The molecule has 1 amide bonds. The van der Waals surface area contributed by atoms with Crippen molar-refractivity contribution in [1.29, 1.82) is 0 Å². The molecule has 5 nitrogen and oxygen atoms in total. The summed E-state index contributed by atoms with van der Waals surface area (Å²) in [6.45, 7) is 3.56. The molecule has 1 aromatic heterocycles. The first-order valence-electron chi connectivity index (χ1n) is 6.35. The Morgan fingerprint density at radius 2 is 2.15 bits per heavy atom. The van der Waals surface area contributed by atoms with E-state index in [2.05, 4.69) is 10.1 Å². The van der Waals surface area contributed by atoms with Crippen molar-refractivity contribution in [3.05, 3.63) is 35.6 Å². The van der Waals surface area contributed by atoms with Gasteiger partial charge in [-0.3, -0.25) is 4.79 Å². The van der Waals surface area contributed by atoms with Gasteiger partial charge in [0.15, 0.2) is 0 Å². The zero-order valence-electron chi connectivity index (χ0n) is 11.7. The number of hydrogen-bond donors (Lipinski definition) is 1. The first-order chi connectivity index (χ1) is 9.51. The van der Waals surface area contributed by atoms with Crippen molar-refractivity contribution < 1.29 is 18.7 Å². The molecule has 20 heavy (non-hydrogen) atoms. The van der Waals surface area contributed by atoms with Gasteiger partial charge < -0.3 is 14.5 Å². The Kier molecular flexibility index (Phi) is 4.08. The van der Waals surface area contributed by atoms with Crippen molar-refractivity contribution in [3.8, 4) is 0 Å². The first-order valence-corrected chi connectivity index (χ1v) is 6.35. The van der Waals surface area contributed by atoms with Gasteiger partial charge in [0.2, 0.25) is 5.91 Å². The van der Waals surface area contributed by atoms with Crippen molar-refractivity contribution in [2.24, 2.45) is 0 Å². The maximum atomic E-state index is 11.9. The molecule has 1 N–H and O–H groups in total. The number of methoxy groups -OCH3 is 1. The smallest absolute Gasteiger partial charge is 0.328 e. The number of fused-ring (bicyclic) bond motifs is 1. The minimum atomic E-state index is -0.659. The van der Waals surface area contributed by atoms with Gasteiger partial charge in [0.05, 0.1) is 19.8 Å². The van der Waals surface area contributed by atoms with E-state index in [1.807, 2.05) is 25.1 Å². The second-order valence-corrected chi connectivity index (χ2v) is 4.75. The predicted octanol–water partition coefficient (Wildman–Crippen LogP) is 1.96. The number of nitrogens with one attached hydrogen (secondary N) is 1. The van der Waals surface area contributed by atoms with E-state index in [1.165, 1.54) is 7.11 Å². The highest BCUT2D eigenvalue weighted by molar-refractivity contribution is 5.90. The minimum absolute atomic E-state index is 0.164. The van der Waals surface area contributed by atoms with E-state index in [0.29, 0.717) is 0 Å². The fourth-order valence-electron chi connectivity index (χ4n) is 2.03. The van der Waals surface area contributed by atoms with Gasteiger partial charge in [0, 0.05) is 10.9 Å². The van der Waals surface area contributed by atoms with Crippen LogP contribution in [-0.4, -0.2) is 25.0 Å². The van der Waals surface area contributed by atoms with E-state index in [9.17, 15) is 9.59 Å². The zero-order valence-corrected chi connectivity index (χ0v) is 11.7. The summed E-state index contributed by atoms with van der Waals surface area (Å²) < 4.78 is 9.99. The zero-order chi connectivity index (χ0) is 14.7. The molecule has 0 saturated carbocycles. The minimum Gasteiger partial charge on any atom is -0.467 e. The number of rotatable bonds is 4. The molecule has 2 aromatic rings. The van der Waals surface area contributed by atoms with Crippen molar-refractivity contribution in [2.45, 2.75) is 26.3 Å². The summed E-state index contributed by atoms with van der Waals surface area (Å²) in [5.74, 6) is -0.711. The van der Waals surface area contributed by atoms with Crippen LogP contribution in [0.1, 0.15) is 18.1 Å². The number of hydrogen-bond acceptors (Lipinski definition) is 4. The molecule has 5 heteroatoms.